The summed E-state index contributed by atoms with van der Waals surface area (Å²) in [4.78, 5) is 16.7. The molecule has 0 fully saturated rings. The fraction of sp³-hybridized carbons (Fsp3) is 0.381. The monoisotopic (exact) mass is 366 g/mol. The number of rotatable bonds is 8. The summed E-state index contributed by atoms with van der Waals surface area (Å²) in [6.07, 6.45) is 1.87. The van der Waals surface area contributed by atoms with Crippen molar-refractivity contribution >= 4 is 11.6 Å². The lowest BCUT2D eigenvalue weighted by molar-refractivity contribution is -0.121. The largest absolute Gasteiger partial charge is 0.494 e. The van der Waals surface area contributed by atoms with E-state index in [0.717, 1.165) is 40.5 Å². The number of aryl methyl sites for hydroxylation is 3. The lowest BCUT2D eigenvalue weighted by atomic mass is 10.1. The van der Waals surface area contributed by atoms with Crippen LogP contribution in [0.15, 0.2) is 36.4 Å². The summed E-state index contributed by atoms with van der Waals surface area (Å²) in [6.45, 7) is 7.17. The molecule has 0 aliphatic rings. The zero-order valence-electron chi connectivity index (χ0n) is 16.2. The van der Waals surface area contributed by atoms with Gasteiger partial charge in [-0.2, -0.15) is 5.10 Å². The molecule has 2 aromatic heterocycles. The van der Waals surface area contributed by atoms with Crippen LogP contribution in [0.2, 0.25) is 0 Å². The Morgan fingerprint density at radius 3 is 2.74 bits per heavy atom. The SMILES string of the molecule is Cc1cc2nc(C)c(CCC(=O)NCCCOc3ccccc3)c(C)n2n1. The quantitative estimate of drug-likeness (QED) is 0.622. The van der Waals surface area contributed by atoms with Gasteiger partial charge in [0.2, 0.25) is 5.91 Å². The molecule has 0 aliphatic carbocycles. The first-order valence-corrected chi connectivity index (χ1v) is 9.31. The fourth-order valence-corrected chi connectivity index (χ4v) is 3.14. The van der Waals surface area contributed by atoms with E-state index in [1.165, 1.54) is 0 Å². The number of fused-ring (bicyclic) bond motifs is 1. The molecular weight excluding hydrogens is 340 g/mol. The Morgan fingerprint density at radius 2 is 1.96 bits per heavy atom. The highest BCUT2D eigenvalue weighted by molar-refractivity contribution is 5.76. The van der Waals surface area contributed by atoms with E-state index < -0.39 is 0 Å². The Morgan fingerprint density at radius 1 is 1.19 bits per heavy atom. The Bertz CT molecular complexity index is 919. The first kappa shape index (κ1) is 18.9. The summed E-state index contributed by atoms with van der Waals surface area (Å²) in [7, 11) is 0. The number of carbonyl (C=O) groups excluding carboxylic acids is 1. The maximum absolute atomic E-state index is 12.1. The van der Waals surface area contributed by atoms with Crippen molar-refractivity contribution in [1.29, 1.82) is 0 Å². The summed E-state index contributed by atoms with van der Waals surface area (Å²) in [5.74, 6) is 0.900. The second-order valence-corrected chi connectivity index (χ2v) is 6.68. The number of nitrogens with one attached hydrogen (secondary N) is 1. The Labute approximate surface area is 159 Å². The molecule has 0 saturated heterocycles. The maximum atomic E-state index is 12.1. The van der Waals surface area contributed by atoms with Gasteiger partial charge in [-0.15, -0.1) is 0 Å². The van der Waals surface area contributed by atoms with E-state index >= 15 is 0 Å². The van der Waals surface area contributed by atoms with E-state index in [2.05, 4.69) is 15.4 Å². The molecule has 0 aliphatic heterocycles. The van der Waals surface area contributed by atoms with Gasteiger partial charge in [0.25, 0.3) is 0 Å². The number of benzene rings is 1. The molecule has 3 rings (SSSR count). The van der Waals surface area contributed by atoms with Gasteiger partial charge < -0.3 is 10.1 Å². The number of carbonyl (C=O) groups is 1. The van der Waals surface area contributed by atoms with Crippen LogP contribution in [0.1, 0.15) is 35.5 Å². The predicted molar refractivity (Wildman–Crippen MR) is 105 cm³/mol. The number of hydrogen-bond acceptors (Lipinski definition) is 4. The number of para-hydroxylation sites is 1. The number of aromatic nitrogens is 3. The molecule has 1 aromatic carbocycles. The van der Waals surface area contributed by atoms with Gasteiger partial charge in [0.05, 0.1) is 12.3 Å². The standard InChI is InChI=1S/C21H26N4O2/c1-15-14-20-23-16(2)19(17(3)25(20)24-15)10-11-21(26)22-12-7-13-27-18-8-5-4-6-9-18/h4-6,8-9,14H,7,10-13H2,1-3H3,(H,22,26). The first-order chi connectivity index (χ1) is 13.0. The van der Waals surface area contributed by atoms with Crippen molar-refractivity contribution in [3.63, 3.8) is 0 Å². The lowest BCUT2D eigenvalue weighted by Crippen LogP contribution is -2.26. The summed E-state index contributed by atoms with van der Waals surface area (Å²) >= 11 is 0. The Hall–Kier alpha value is -2.89. The summed E-state index contributed by atoms with van der Waals surface area (Å²) in [6, 6.07) is 11.7. The summed E-state index contributed by atoms with van der Waals surface area (Å²) in [5, 5.41) is 7.43. The molecule has 142 valence electrons. The molecule has 1 amide bonds. The second kappa shape index (κ2) is 8.66. The third-order valence-electron chi connectivity index (χ3n) is 4.54. The molecule has 2 heterocycles. The average Bonchev–Trinajstić information content (AvgIpc) is 3.02. The number of ether oxygens (including phenoxy) is 1. The summed E-state index contributed by atoms with van der Waals surface area (Å²) in [5.41, 5.74) is 4.90. The van der Waals surface area contributed by atoms with Crippen LogP contribution in [0.25, 0.3) is 5.65 Å². The van der Waals surface area contributed by atoms with E-state index in [4.69, 9.17) is 4.74 Å². The van der Waals surface area contributed by atoms with Crippen molar-refractivity contribution in [3.8, 4) is 5.75 Å². The van der Waals surface area contributed by atoms with E-state index in [0.29, 0.717) is 26.0 Å². The lowest BCUT2D eigenvalue weighted by Gasteiger charge is -2.11. The molecular formula is C21H26N4O2. The van der Waals surface area contributed by atoms with Crippen molar-refractivity contribution < 1.29 is 9.53 Å². The van der Waals surface area contributed by atoms with Crippen molar-refractivity contribution in [2.45, 2.75) is 40.0 Å². The second-order valence-electron chi connectivity index (χ2n) is 6.68. The van der Waals surface area contributed by atoms with Crippen molar-refractivity contribution in [2.75, 3.05) is 13.2 Å². The highest BCUT2D eigenvalue weighted by atomic mass is 16.5. The molecule has 0 radical (unpaired) electrons. The highest BCUT2D eigenvalue weighted by Gasteiger charge is 2.12. The molecule has 6 nitrogen and oxygen atoms in total. The van der Waals surface area contributed by atoms with Crippen LogP contribution in [-0.4, -0.2) is 33.7 Å². The number of nitrogens with zero attached hydrogens (tertiary/aromatic N) is 3. The van der Waals surface area contributed by atoms with Crippen molar-refractivity contribution in [2.24, 2.45) is 0 Å². The van der Waals surface area contributed by atoms with Crippen LogP contribution in [0.4, 0.5) is 0 Å². The molecule has 0 bridgehead atoms. The van der Waals surface area contributed by atoms with Gasteiger partial charge in [0, 0.05) is 30.4 Å². The topological polar surface area (TPSA) is 68.5 Å². The van der Waals surface area contributed by atoms with E-state index in [1.807, 2.05) is 61.7 Å². The Kier molecular flexibility index (Phi) is 6.06. The van der Waals surface area contributed by atoms with Crippen LogP contribution in [-0.2, 0) is 11.2 Å². The van der Waals surface area contributed by atoms with Crippen molar-refractivity contribution in [3.05, 3.63) is 59.0 Å². The minimum Gasteiger partial charge on any atom is -0.494 e. The molecule has 3 aromatic rings. The Balaban J connectivity index is 1.44. The smallest absolute Gasteiger partial charge is 0.220 e. The number of amides is 1. The zero-order valence-corrected chi connectivity index (χ0v) is 16.2. The van der Waals surface area contributed by atoms with Gasteiger partial charge in [-0.3, -0.25) is 4.79 Å². The predicted octanol–water partition coefficient (Wildman–Crippen LogP) is 3.17. The molecule has 0 unspecified atom stereocenters. The normalized spacial score (nSPS) is 10.9. The zero-order chi connectivity index (χ0) is 19.2. The van der Waals surface area contributed by atoms with Gasteiger partial charge in [0.1, 0.15) is 5.75 Å². The first-order valence-electron chi connectivity index (χ1n) is 9.31. The molecule has 0 atom stereocenters. The molecule has 6 heteroatoms. The van der Waals surface area contributed by atoms with Crippen LogP contribution in [0.5, 0.6) is 5.75 Å². The van der Waals surface area contributed by atoms with Gasteiger partial charge in [-0.05, 0) is 51.3 Å². The van der Waals surface area contributed by atoms with E-state index in [-0.39, 0.29) is 5.91 Å². The van der Waals surface area contributed by atoms with Crippen LogP contribution in [0, 0.1) is 20.8 Å². The van der Waals surface area contributed by atoms with Crippen LogP contribution < -0.4 is 10.1 Å². The van der Waals surface area contributed by atoms with Crippen LogP contribution in [0.3, 0.4) is 0 Å². The summed E-state index contributed by atoms with van der Waals surface area (Å²) < 4.78 is 7.48. The van der Waals surface area contributed by atoms with Gasteiger partial charge >= 0.3 is 0 Å². The molecule has 27 heavy (non-hydrogen) atoms. The van der Waals surface area contributed by atoms with E-state index in [9.17, 15) is 4.79 Å². The average molecular weight is 366 g/mol. The highest BCUT2D eigenvalue weighted by Crippen LogP contribution is 2.17. The molecule has 0 spiro atoms. The third kappa shape index (κ3) is 4.84. The van der Waals surface area contributed by atoms with Gasteiger partial charge in [0.15, 0.2) is 5.65 Å². The fourth-order valence-electron chi connectivity index (χ4n) is 3.14. The molecule has 1 N–H and O–H groups in total. The number of hydrogen-bond donors (Lipinski definition) is 1. The van der Waals surface area contributed by atoms with Crippen molar-refractivity contribution in [1.82, 2.24) is 19.9 Å². The minimum atomic E-state index is 0.0465. The third-order valence-corrected chi connectivity index (χ3v) is 4.54. The van der Waals surface area contributed by atoms with E-state index in [1.54, 1.807) is 0 Å². The maximum Gasteiger partial charge on any atom is 0.220 e. The minimum absolute atomic E-state index is 0.0465. The van der Waals surface area contributed by atoms with Crippen LogP contribution >= 0.6 is 0 Å². The molecule has 0 saturated carbocycles. The van der Waals surface area contributed by atoms with Gasteiger partial charge in [-0.25, -0.2) is 9.50 Å². The van der Waals surface area contributed by atoms with Gasteiger partial charge in [-0.1, -0.05) is 18.2 Å².